The molecule has 1 rings (SSSR count). The van der Waals surface area contributed by atoms with Gasteiger partial charge in [0.2, 0.25) is 0 Å². The number of nitrogens with two attached hydrogens (primary N) is 1. The van der Waals surface area contributed by atoms with Gasteiger partial charge >= 0.3 is 0 Å². The molecule has 0 spiro atoms. The maximum atomic E-state index is 5.98. The fraction of sp³-hybridized carbons (Fsp3) is 1.00. The lowest BCUT2D eigenvalue weighted by Crippen LogP contribution is -2.52. The van der Waals surface area contributed by atoms with Crippen molar-refractivity contribution >= 4 is 0 Å². The van der Waals surface area contributed by atoms with Gasteiger partial charge in [0.05, 0.1) is 0 Å². The van der Waals surface area contributed by atoms with Crippen LogP contribution in [0.5, 0.6) is 0 Å². The molecule has 2 nitrogen and oxygen atoms in total. The van der Waals surface area contributed by atoms with Gasteiger partial charge in [0, 0.05) is 5.54 Å². The summed E-state index contributed by atoms with van der Waals surface area (Å²) in [5.74, 6) is 0.713. The van der Waals surface area contributed by atoms with Gasteiger partial charge in [-0.3, -0.25) is 4.90 Å². The number of nitrogens with zero attached hydrogens (tertiary/aromatic N) is 1. The van der Waals surface area contributed by atoms with E-state index in [0.29, 0.717) is 16.9 Å². The summed E-state index contributed by atoms with van der Waals surface area (Å²) in [6, 6.07) is 0. The van der Waals surface area contributed by atoms with Crippen LogP contribution in [0.3, 0.4) is 0 Å². The third kappa shape index (κ3) is 2.73. The van der Waals surface area contributed by atoms with E-state index in [1.54, 1.807) is 0 Å². The highest BCUT2D eigenvalue weighted by Gasteiger charge is 2.38. The summed E-state index contributed by atoms with van der Waals surface area (Å²) in [6.07, 6.45) is 2.52. The lowest BCUT2D eigenvalue weighted by Gasteiger charge is -2.48. The third-order valence-electron chi connectivity index (χ3n) is 4.34. The first-order chi connectivity index (χ1) is 6.82. The molecule has 0 unspecified atom stereocenters. The van der Waals surface area contributed by atoms with Crippen molar-refractivity contribution in [1.82, 2.24) is 4.90 Å². The predicted octanol–water partition coefficient (Wildman–Crippen LogP) is 2.48. The number of piperidine rings is 1. The number of rotatable bonds is 2. The predicted molar refractivity (Wildman–Crippen MR) is 66.9 cm³/mol. The molecule has 1 aliphatic rings. The Balaban J connectivity index is 2.61. The van der Waals surface area contributed by atoms with E-state index < -0.39 is 0 Å². The lowest BCUT2D eigenvalue weighted by atomic mass is 9.69. The highest BCUT2D eigenvalue weighted by atomic mass is 15.2. The summed E-state index contributed by atoms with van der Waals surface area (Å²) in [4.78, 5) is 2.59. The Labute approximate surface area is 95.2 Å². The Bertz CT molecular complexity index is 195. The van der Waals surface area contributed by atoms with Gasteiger partial charge in [0.25, 0.3) is 0 Å². The highest BCUT2D eigenvalue weighted by Crippen LogP contribution is 2.39. The Hall–Kier alpha value is -0.0800. The fourth-order valence-electron chi connectivity index (χ4n) is 2.64. The normalized spacial score (nSPS) is 23.4. The van der Waals surface area contributed by atoms with E-state index in [4.69, 9.17) is 5.73 Å². The van der Waals surface area contributed by atoms with Crippen molar-refractivity contribution in [1.29, 1.82) is 0 Å². The molecule has 2 heteroatoms. The Morgan fingerprint density at radius 1 is 1.20 bits per heavy atom. The average Bonchev–Trinajstić information content (AvgIpc) is 2.16. The number of hydrogen-bond donors (Lipinski definition) is 1. The van der Waals surface area contributed by atoms with Gasteiger partial charge in [-0.1, -0.05) is 13.8 Å². The van der Waals surface area contributed by atoms with Crippen LogP contribution in [0.1, 0.15) is 47.5 Å². The van der Waals surface area contributed by atoms with Gasteiger partial charge in [-0.05, 0) is 64.6 Å². The first kappa shape index (κ1) is 13.0. The highest BCUT2D eigenvalue weighted by molar-refractivity contribution is 4.92. The van der Waals surface area contributed by atoms with Crippen LogP contribution in [0.2, 0.25) is 0 Å². The van der Waals surface area contributed by atoms with Gasteiger partial charge in [0.1, 0.15) is 0 Å². The summed E-state index contributed by atoms with van der Waals surface area (Å²) in [7, 11) is 0. The summed E-state index contributed by atoms with van der Waals surface area (Å²) >= 11 is 0. The molecule has 0 amide bonds. The standard InChI is InChI=1S/C13H28N2/c1-11(2)13(10-14)6-8-15(9-7-13)12(3,4)5/h11H,6-10,14H2,1-5H3. The van der Waals surface area contributed by atoms with Crippen molar-refractivity contribution in [2.24, 2.45) is 17.1 Å². The maximum absolute atomic E-state index is 5.98. The van der Waals surface area contributed by atoms with Crippen LogP contribution in [-0.4, -0.2) is 30.1 Å². The second kappa shape index (κ2) is 4.42. The molecule has 1 fully saturated rings. The molecule has 0 aromatic carbocycles. The first-order valence-electron chi connectivity index (χ1n) is 6.27. The molecule has 0 bridgehead atoms. The van der Waals surface area contributed by atoms with Gasteiger partial charge in [0.15, 0.2) is 0 Å². The smallest absolute Gasteiger partial charge is 0.0125 e. The van der Waals surface area contributed by atoms with Gasteiger partial charge in [-0.2, -0.15) is 0 Å². The van der Waals surface area contributed by atoms with Crippen molar-refractivity contribution in [3.8, 4) is 0 Å². The Kier molecular flexibility index (Phi) is 3.83. The van der Waals surface area contributed by atoms with Crippen LogP contribution in [0, 0.1) is 11.3 Å². The lowest BCUT2D eigenvalue weighted by molar-refractivity contribution is 0.0222. The van der Waals surface area contributed by atoms with Crippen LogP contribution in [0.25, 0.3) is 0 Å². The Morgan fingerprint density at radius 3 is 1.93 bits per heavy atom. The quantitative estimate of drug-likeness (QED) is 0.762. The SMILES string of the molecule is CC(C)C1(CN)CCN(C(C)(C)C)CC1. The minimum absolute atomic E-state index is 0.317. The zero-order valence-electron chi connectivity index (χ0n) is 11.1. The van der Waals surface area contributed by atoms with Crippen molar-refractivity contribution in [2.45, 2.75) is 53.0 Å². The minimum atomic E-state index is 0.317. The van der Waals surface area contributed by atoms with Gasteiger partial charge in [-0.15, -0.1) is 0 Å². The molecular weight excluding hydrogens is 184 g/mol. The van der Waals surface area contributed by atoms with E-state index in [9.17, 15) is 0 Å². The molecule has 1 aliphatic heterocycles. The largest absolute Gasteiger partial charge is 0.330 e. The first-order valence-corrected chi connectivity index (χ1v) is 6.27. The molecule has 0 aromatic heterocycles. The summed E-state index contributed by atoms with van der Waals surface area (Å²) in [5.41, 5.74) is 6.70. The van der Waals surface area contributed by atoms with Crippen molar-refractivity contribution in [3.63, 3.8) is 0 Å². The van der Waals surface area contributed by atoms with E-state index in [1.165, 1.54) is 25.9 Å². The second-order valence-electron chi connectivity index (χ2n) is 6.38. The topological polar surface area (TPSA) is 29.3 Å². The summed E-state index contributed by atoms with van der Waals surface area (Å²) < 4.78 is 0. The van der Waals surface area contributed by atoms with Gasteiger partial charge < -0.3 is 5.73 Å². The maximum Gasteiger partial charge on any atom is 0.0125 e. The van der Waals surface area contributed by atoms with Crippen molar-refractivity contribution in [2.75, 3.05) is 19.6 Å². The van der Waals surface area contributed by atoms with Crippen LogP contribution >= 0.6 is 0 Å². The molecule has 0 radical (unpaired) electrons. The van der Waals surface area contributed by atoms with Crippen LogP contribution in [0.15, 0.2) is 0 Å². The molecular formula is C13H28N2. The zero-order valence-corrected chi connectivity index (χ0v) is 11.1. The average molecular weight is 212 g/mol. The molecule has 0 atom stereocenters. The molecule has 1 heterocycles. The molecule has 0 aromatic rings. The second-order valence-corrected chi connectivity index (χ2v) is 6.38. The molecule has 1 saturated heterocycles. The van der Waals surface area contributed by atoms with Crippen LogP contribution in [-0.2, 0) is 0 Å². The summed E-state index contributed by atoms with van der Waals surface area (Å²) in [6.45, 7) is 14.8. The number of likely N-dealkylation sites (tertiary alicyclic amines) is 1. The van der Waals surface area contributed by atoms with E-state index in [0.717, 1.165) is 6.54 Å². The van der Waals surface area contributed by atoms with Gasteiger partial charge in [-0.25, -0.2) is 0 Å². The van der Waals surface area contributed by atoms with E-state index >= 15 is 0 Å². The zero-order chi connectivity index (χ0) is 11.7. The molecule has 90 valence electrons. The fourth-order valence-corrected chi connectivity index (χ4v) is 2.64. The number of hydrogen-bond acceptors (Lipinski definition) is 2. The molecule has 0 aliphatic carbocycles. The minimum Gasteiger partial charge on any atom is -0.330 e. The van der Waals surface area contributed by atoms with Crippen molar-refractivity contribution < 1.29 is 0 Å². The summed E-state index contributed by atoms with van der Waals surface area (Å²) in [5, 5.41) is 0. The molecule has 15 heavy (non-hydrogen) atoms. The van der Waals surface area contributed by atoms with Crippen molar-refractivity contribution in [3.05, 3.63) is 0 Å². The third-order valence-corrected chi connectivity index (χ3v) is 4.34. The Morgan fingerprint density at radius 2 is 1.67 bits per heavy atom. The van der Waals surface area contributed by atoms with Crippen LogP contribution in [0.4, 0.5) is 0 Å². The van der Waals surface area contributed by atoms with Crippen LogP contribution < -0.4 is 5.73 Å². The molecule has 2 N–H and O–H groups in total. The van der Waals surface area contributed by atoms with E-state index in [2.05, 4.69) is 39.5 Å². The monoisotopic (exact) mass is 212 g/mol. The van der Waals surface area contributed by atoms with E-state index in [1.807, 2.05) is 0 Å². The van der Waals surface area contributed by atoms with E-state index in [-0.39, 0.29) is 0 Å². The molecule has 0 saturated carbocycles.